The second-order valence-corrected chi connectivity index (χ2v) is 6.87. The first-order valence-electron chi connectivity index (χ1n) is 7.79. The van der Waals surface area contributed by atoms with E-state index in [1.54, 1.807) is 0 Å². The Balaban J connectivity index is 2.04. The second-order valence-electron chi connectivity index (χ2n) is 5.93. The number of thioether (sulfide) groups is 1. The summed E-state index contributed by atoms with van der Waals surface area (Å²) in [6.07, 6.45) is 0. The van der Waals surface area contributed by atoms with Gasteiger partial charge in [0.25, 0.3) is 0 Å². The van der Waals surface area contributed by atoms with E-state index in [2.05, 4.69) is 29.1 Å². The van der Waals surface area contributed by atoms with Crippen LogP contribution in [0.2, 0.25) is 0 Å². The van der Waals surface area contributed by atoms with Gasteiger partial charge in [-0.05, 0) is 25.8 Å². The van der Waals surface area contributed by atoms with Crippen molar-refractivity contribution in [2.45, 2.75) is 38.9 Å². The van der Waals surface area contributed by atoms with Crippen LogP contribution in [0.15, 0.2) is 41.6 Å². The summed E-state index contributed by atoms with van der Waals surface area (Å²) in [5.41, 5.74) is 2.84. The molecule has 1 amide bonds. The average Bonchev–Trinajstić information content (AvgIpc) is 2.53. The number of nitrogens with zero attached hydrogens (tertiary/aromatic N) is 2. The summed E-state index contributed by atoms with van der Waals surface area (Å²) >= 11 is 1.37. The predicted octanol–water partition coefficient (Wildman–Crippen LogP) is 3.70. The first kappa shape index (κ1) is 17.5. The van der Waals surface area contributed by atoms with Gasteiger partial charge >= 0.3 is 0 Å². The number of hydrogen-bond acceptors (Lipinski definition) is 4. The molecular formula is C18H23N3OS. The number of rotatable bonds is 6. The molecule has 4 nitrogen and oxygen atoms in total. The Morgan fingerprint density at radius 1 is 1.17 bits per heavy atom. The molecule has 0 saturated heterocycles. The van der Waals surface area contributed by atoms with E-state index >= 15 is 0 Å². The number of nitrogens with one attached hydrogen (secondary N) is 1. The van der Waals surface area contributed by atoms with Crippen molar-refractivity contribution in [3.8, 4) is 11.3 Å². The third kappa shape index (κ3) is 5.36. The van der Waals surface area contributed by atoms with Crippen molar-refractivity contribution in [2.75, 3.05) is 5.75 Å². The Hall–Kier alpha value is -1.88. The lowest BCUT2D eigenvalue weighted by molar-refractivity contribution is -0.119. The van der Waals surface area contributed by atoms with E-state index in [1.165, 1.54) is 11.8 Å². The Labute approximate surface area is 142 Å². The molecule has 0 aliphatic heterocycles. The summed E-state index contributed by atoms with van der Waals surface area (Å²) < 4.78 is 0. The van der Waals surface area contributed by atoms with Crippen LogP contribution in [0.4, 0.5) is 0 Å². The number of amides is 1. The zero-order valence-corrected chi connectivity index (χ0v) is 14.9. The van der Waals surface area contributed by atoms with Gasteiger partial charge in [0.15, 0.2) is 5.16 Å². The SMILES string of the molecule is Cc1cc(-c2ccccc2)nc(SCC(=O)N[C@@H](C)C(C)C)n1. The fraction of sp³-hybridized carbons (Fsp3) is 0.389. The molecule has 23 heavy (non-hydrogen) atoms. The van der Waals surface area contributed by atoms with Crippen LogP contribution < -0.4 is 5.32 Å². The molecule has 0 unspecified atom stereocenters. The molecule has 0 saturated carbocycles. The lowest BCUT2D eigenvalue weighted by Crippen LogP contribution is -2.37. The maximum absolute atomic E-state index is 12.0. The van der Waals surface area contributed by atoms with Gasteiger partial charge in [0.05, 0.1) is 11.4 Å². The predicted molar refractivity (Wildman–Crippen MR) is 95.4 cm³/mol. The van der Waals surface area contributed by atoms with Crippen LogP contribution in [0, 0.1) is 12.8 Å². The lowest BCUT2D eigenvalue weighted by atomic mass is 10.1. The highest BCUT2D eigenvalue weighted by Gasteiger charge is 2.12. The molecule has 122 valence electrons. The minimum atomic E-state index is 0.0163. The van der Waals surface area contributed by atoms with Crippen molar-refractivity contribution in [2.24, 2.45) is 5.92 Å². The maximum Gasteiger partial charge on any atom is 0.230 e. The number of aromatic nitrogens is 2. The average molecular weight is 329 g/mol. The Kier molecular flexibility index (Phi) is 6.16. The first-order valence-corrected chi connectivity index (χ1v) is 8.77. The fourth-order valence-corrected chi connectivity index (χ4v) is 2.67. The molecule has 2 rings (SSSR count). The largest absolute Gasteiger partial charge is 0.353 e. The van der Waals surface area contributed by atoms with Crippen molar-refractivity contribution in [3.05, 3.63) is 42.1 Å². The number of carbonyl (C=O) groups is 1. The molecule has 0 aliphatic rings. The standard InChI is InChI=1S/C18H23N3OS/c1-12(2)14(4)20-17(22)11-23-18-19-13(3)10-16(21-18)15-8-6-5-7-9-15/h5-10,12,14H,11H2,1-4H3,(H,20,22)/t14-/m0/s1. The van der Waals surface area contributed by atoms with Gasteiger partial charge in [-0.1, -0.05) is 55.9 Å². The zero-order chi connectivity index (χ0) is 16.8. The van der Waals surface area contributed by atoms with Crippen molar-refractivity contribution in [1.29, 1.82) is 0 Å². The van der Waals surface area contributed by atoms with Gasteiger partial charge in [-0.2, -0.15) is 0 Å². The number of benzene rings is 1. The van der Waals surface area contributed by atoms with Crippen LogP contribution in [0.3, 0.4) is 0 Å². The summed E-state index contributed by atoms with van der Waals surface area (Å²) in [6.45, 7) is 8.14. The van der Waals surface area contributed by atoms with E-state index in [1.807, 2.05) is 50.2 Å². The van der Waals surface area contributed by atoms with Crippen LogP contribution in [-0.4, -0.2) is 27.7 Å². The minimum Gasteiger partial charge on any atom is -0.353 e. The minimum absolute atomic E-state index is 0.0163. The van der Waals surface area contributed by atoms with Crippen LogP contribution in [0.1, 0.15) is 26.5 Å². The summed E-state index contributed by atoms with van der Waals surface area (Å²) in [4.78, 5) is 21.0. The highest BCUT2D eigenvalue weighted by molar-refractivity contribution is 7.99. The Bertz CT molecular complexity index is 659. The van der Waals surface area contributed by atoms with E-state index in [0.29, 0.717) is 16.8 Å². The van der Waals surface area contributed by atoms with E-state index in [4.69, 9.17) is 0 Å². The second kappa shape index (κ2) is 8.11. The summed E-state index contributed by atoms with van der Waals surface area (Å²) in [6, 6.07) is 12.1. The third-order valence-corrected chi connectivity index (χ3v) is 4.47. The number of aryl methyl sites for hydroxylation is 1. The number of carbonyl (C=O) groups excluding carboxylic acids is 1. The molecular weight excluding hydrogens is 306 g/mol. The Morgan fingerprint density at radius 3 is 2.52 bits per heavy atom. The first-order chi connectivity index (χ1) is 11.0. The molecule has 0 bridgehead atoms. The molecule has 1 aromatic carbocycles. The molecule has 1 N–H and O–H groups in total. The molecule has 1 atom stereocenters. The molecule has 0 spiro atoms. The van der Waals surface area contributed by atoms with E-state index < -0.39 is 0 Å². The van der Waals surface area contributed by atoms with Gasteiger partial charge < -0.3 is 5.32 Å². The molecule has 1 heterocycles. The lowest BCUT2D eigenvalue weighted by Gasteiger charge is -2.17. The van der Waals surface area contributed by atoms with Crippen LogP contribution in [0.5, 0.6) is 0 Å². The van der Waals surface area contributed by atoms with Crippen molar-refractivity contribution in [3.63, 3.8) is 0 Å². The van der Waals surface area contributed by atoms with Crippen LogP contribution in [0.25, 0.3) is 11.3 Å². The smallest absolute Gasteiger partial charge is 0.230 e. The van der Waals surface area contributed by atoms with Gasteiger partial charge in [0, 0.05) is 17.3 Å². The fourth-order valence-electron chi connectivity index (χ4n) is 1.96. The van der Waals surface area contributed by atoms with Gasteiger partial charge in [-0.25, -0.2) is 9.97 Å². The monoisotopic (exact) mass is 329 g/mol. The van der Waals surface area contributed by atoms with Crippen molar-refractivity contribution < 1.29 is 4.79 Å². The highest BCUT2D eigenvalue weighted by atomic mass is 32.2. The third-order valence-electron chi connectivity index (χ3n) is 3.62. The Morgan fingerprint density at radius 2 is 1.87 bits per heavy atom. The van der Waals surface area contributed by atoms with Crippen molar-refractivity contribution >= 4 is 17.7 Å². The molecule has 0 fully saturated rings. The quantitative estimate of drug-likeness (QED) is 0.648. The zero-order valence-electron chi connectivity index (χ0n) is 14.0. The van der Waals surface area contributed by atoms with Crippen LogP contribution in [-0.2, 0) is 4.79 Å². The number of hydrogen-bond donors (Lipinski definition) is 1. The molecule has 0 aliphatic carbocycles. The van der Waals surface area contributed by atoms with Gasteiger partial charge in [0.1, 0.15) is 0 Å². The van der Waals surface area contributed by atoms with Gasteiger partial charge in [-0.3, -0.25) is 4.79 Å². The van der Waals surface area contributed by atoms with Gasteiger partial charge in [-0.15, -0.1) is 0 Å². The normalized spacial score (nSPS) is 12.2. The summed E-state index contributed by atoms with van der Waals surface area (Å²) in [5.74, 6) is 0.765. The van der Waals surface area contributed by atoms with Crippen molar-refractivity contribution in [1.82, 2.24) is 15.3 Å². The van der Waals surface area contributed by atoms with Crippen LogP contribution >= 0.6 is 11.8 Å². The molecule has 0 radical (unpaired) electrons. The summed E-state index contributed by atoms with van der Waals surface area (Å²) in [7, 11) is 0. The van der Waals surface area contributed by atoms with E-state index in [-0.39, 0.29) is 11.9 Å². The molecule has 1 aromatic heterocycles. The summed E-state index contributed by atoms with van der Waals surface area (Å²) in [5, 5.41) is 3.63. The molecule has 2 aromatic rings. The highest BCUT2D eigenvalue weighted by Crippen LogP contribution is 2.21. The van der Waals surface area contributed by atoms with E-state index in [9.17, 15) is 4.79 Å². The topological polar surface area (TPSA) is 54.9 Å². The maximum atomic E-state index is 12.0. The van der Waals surface area contributed by atoms with E-state index in [0.717, 1.165) is 17.0 Å². The van der Waals surface area contributed by atoms with Gasteiger partial charge in [0.2, 0.25) is 5.91 Å². The molecule has 5 heteroatoms.